The molecular formula is C2H3LiOS2. The minimum absolute atomic E-state index is 0. The predicted octanol–water partition coefficient (Wildman–Crippen LogP) is -2.53. The van der Waals surface area contributed by atoms with Crippen LogP contribution in [0.15, 0.2) is 0 Å². The Kier molecular flexibility index (Phi) is 9.38. The molecule has 0 aromatic carbocycles. The van der Waals surface area contributed by atoms with Crippen LogP contribution in [0.5, 0.6) is 0 Å². The van der Waals surface area contributed by atoms with Gasteiger partial charge in [0.25, 0.3) is 0 Å². The second-order valence-electron chi connectivity index (χ2n) is 0.454. The van der Waals surface area contributed by atoms with Crippen LogP contribution in [-0.2, 0) is 17.4 Å². The average Bonchev–Trinajstić information content (AvgIpc) is 1.38. The van der Waals surface area contributed by atoms with Crippen LogP contribution in [-0.4, -0.2) is 11.5 Å². The van der Waals surface area contributed by atoms with Crippen LogP contribution < -0.4 is 18.9 Å². The first kappa shape index (κ1) is 9.86. The van der Waals surface area contributed by atoms with Crippen molar-refractivity contribution in [3.63, 3.8) is 0 Å². The fraction of sp³-hybridized carbons (Fsp3) is 0.500. The molecule has 30 valence electrons. The Hall–Kier alpha value is 0.707. The van der Waals surface area contributed by atoms with Crippen molar-refractivity contribution in [2.24, 2.45) is 0 Å². The molecule has 0 unspecified atom stereocenters. The Labute approximate surface area is 60.0 Å². The van der Waals surface area contributed by atoms with Gasteiger partial charge in [-0.3, -0.25) is 0 Å². The zero-order valence-corrected chi connectivity index (χ0v) is 5.36. The summed E-state index contributed by atoms with van der Waals surface area (Å²) in [5.41, 5.74) is 0. The molecule has 0 spiro atoms. The number of methoxy groups -OCH3 is 1. The number of ether oxygens (including phenoxy) is 1. The van der Waals surface area contributed by atoms with E-state index in [-0.39, 0.29) is 23.2 Å². The summed E-state index contributed by atoms with van der Waals surface area (Å²) >= 11 is 8.58. The Morgan fingerprint density at radius 2 is 2.00 bits per heavy atom. The van der Waals surface area contributed by atoms with Gasteiger partial charge in [0.15, 0.2) is 0 Å². The van der Waals surface area contributed by atoms with Crippen molar-refractivity contribution in [2.45, 2.75) is 0 Å². The predicted molar refractivity (Wildman–Crippen MR) is 27.0 cm³/mol. The summed E-state index contributed by atoms with van der Waals surface area (Å²) in [6, 6.07) is 0. The number of rotatable bonds is 0. The average molecular weight is 114 g/mol. The molecule has 0 fully saturated rings. The zero-order valence-electron chi connectivity index (χ0n) is 3.72. The molecule has 4 heteroatoms. The molecule has 6 heavy (non-hydrogen) atoms. The maximum absolute atomic E-state index is 4.30. The van der Waals surface area contributed by atoms with Gasteiger partial charge in [-0.2, -0.15) is 0 Å². The molecule has 0 saturated heterocycles. The molecular weight excluding hydrogens is 111 g/mol. The molecule has 0 aliphatic heterocycles. The van der Waals surface area contributed by atoms with Gasteiger partial charge in [-0.25, -0.2) is 0 Å². The Morgan fingerprint density at radius 3 is 2.00 bits per heavy atom. The first-order valence-electron chi connectivity index (χ1n) is 1.02. The van der Waals surface area contributed by atoms with Crippen LogP contribution in [0.2, 0.25) is 0 Å². The Morgan fingerprint density at radius 1 is 1.83 bits per heavy atom. The Bertz CT molecular complexity index is 46.8. The summed E-state index contributed by atoms with van der Waals surface area (Å²) in [5.74, 6) is 0. The summed E-state index contributed by atoms with van der Waals surface area (Å²) < 4.78 is 4.47. The van der Waals surface area contributed by atoms with Crippen molar-refractivity contribution in [3.8, 4) is 0 Å². The SMILES string of the molecule is COC(=S)[S-].[Li+]. The number of hydrogen-bond donors (Lipinski definition) is 0. The minimum Gasteiger partial charge on any atom is -0.517 e. The molecule has 0 radical (unpaired) electrons. The maximum Gasteiger partial charge on any atom is 1.00 e. The fourth-order valence-electron chi connectivity index (χ4n) is 0. The monoisotopic (exact) mass is 114 g/mol. The topological polar surface area (TPSA) is 9.23 Å². The first-order valence-corrected chi connectivity index (χ1v) is 1.84. The molecule has 0 saturated carbocycles. The normalized spacial score (nSPS) is 5.50. The van der Waals surface area contributed by atoms with Crippen LogP contribution in [0.1, 0.15) is 0 Å². The van der Waals surface area contributed by atoms with E-state index >= 15 is 0 Å². The van der Waals surface area contributed by atoms with Gasteiger partial charge in [0, 0.05) is 4.38 Å². The standard InChI is InChI=1S/C2H4OS2.Li/c1-3-2(4)5;/h1H3,(H,4,5);/q;+1/p-1. The van der Waals surface area contributed by atoms with Crippen molar-refractivity contribution in [1.29, 1.82) is 0 Å². The third-order valence-electron chi connectivity index (χ3n) is 0.167. The maximum atomic E-state index is 4.30. The van der Waals surface area contributed by atoms with Gasteiger partial charge in [0.2, 0.25) is 0 Å². The van der Waals surface area contributed by atoms with Crippen LogP contribution in [0.25, 0.3) is 0 Å². The molecule has 0 aliphatic carbocycles. The van der Waals surface area contributed by atoms with E-state index in [1.165, 1.54) is 7.11 Å². The first-order chi connectivity index (χ1) is 2.27. The van der Waals surface area contributed by atoms with Gasteiger partial charge in [0.1, 0.15) is 0 Å². The van der Waals surface area contributed by atoms with Crippen molar-refractivity contribution >= 4 is 29.2 Å². The van der Waals surface area contributed by atoms with E-state index < -0.39 is 0 Å². The van der Waals surface area contributed by atoms with Gasteiger partial charge in [-0.15, -0.1) is 0 Å². The van der Waals surface area contributed by atoms with E-state index in [1.807, 2.05) is 0 Å². The van der Waals surface area contributed by atoms with E-state index in [1.54, 1.807) is 0 Å². The molecule has 0 aromatic heterocycles. The van der Waals surface area contributed by atoms with Crippen LogP contribution in [0.4, 0.5) is 0 Å². The van der Waals surface area contributed by atoms with Crippen molar-refractivity contribution in [1.82, 2.24) is 0 Å². The number of thiocarbonyl (C=S) groups is 1. The fourth-order valence-corrected chi connectivity index (χ4v) is 0. The smallest absolute Gasteiger partial charge is 0.517 e. The van der Waals surface area contributed by atoms with E-state index in [4.69, 9.17) is 0 Å². The van der Waals surface area contributed by atoms with Gasteiger partial charge in [-0.1, -0.05) is 0 Å². The molecule has 0 amide bonds. The quantitative estimate of drug-likeness (QED) is 0.195. The van der Waals surface area contributed by atoms with Crippen molar-refractivity contribution in [3.05, 3.63) is 0 Å². The molecule has 0 aromatic rings. The molecule has 0 atom stereocenters. The summed E-state index contributed by atoms with van der Waals surface area (Å²) in [4.78, 5) is 0. The molecule has 0 N–H and O–H groups in total. The summed E-state index contributed by atoms with van der Waals surface area (Å²) in [7, 11) is 1.45. The van der Waals surface area contributed by atoms with E-state index in [2.05, 4.69) is 29.6 Å². The minimum atomic E-state index is 0. The zero-order chi connectivity index (χ0) is 4.28. The van der Waals surface area contributed by atoms with Crippen LogP contribution >= 0.6 is 12.2 Å². The second-order valence-corrected chi connectivity index (χ2v) is 1.45. The van der Waals surface area contributed by atoms with Crippen molar-refractivity contribution < 1.29 is 23.6 Å². The van der Waals surface area contributed by atoms with E-state index in [9.17, 15) is 0 Å². The van der Waals surface area contributed by atoms with Gasteiger partial charge in [0.05, 0.1) is 7.11 Å². The molecule has 0 aliphatic rings. The summed E-state index contributed by atoms with van der Waals surface area (Å²) in [5, 5.41) is 0. The molecule has 1 nitrogen and oxygen atoms in total. The van der Waals surface area contributed by atoms with E-state index in [0.29, 0.717) is 0 Å². The van der Waals surface area contributed by atoms with Gasteiger partial charge < -0.3 is 29.6 Å². The third-order valence-corrected chi connectivity index (χ3v) is 0.500. The number of hydrogen-bond acceptors (Lipinski definition) is 3. The van der Waals surface area contributed by atoms with Gasteiger partial charge in [-0.05, 0) is 0 Å². The Balaban J connectivity index is 0. The second kappa shape index (κ2) is 5.71. The van der Waals surface area contributed by atoms with Crippen LogP contribution in [0, 0.1) is 0 Å². The molecule has 0 bridgehead atoms. The molecule has 0 rings (SSSR count). The summed E-state index contributed by atoms with van der Waals surface area (Å²) in [6.07, 6.45) is 0. The van der Waals surface area contributed by atoms with E-state index in [0.717, 1.165) is 0 Å². The largest absolute Gasteiger partial charge is 1.00 e. The van der Waals surface area contributed by atoms with Crippen molar-refractivity contribution in [2.75, 3.05) is 7.11 Å². The molecule has 0 heterocycles. The summed E-state index contributed by atoms with van der Waals surface area (Å²) in [6.45, 7) is 0. The van der Waals surface area contributed by atoms with Gasteiger partial charge >= 0.3 is 18.9 Å². The third kappa shape index (κ3) is 8.83. The van der Waals surface area contributed by atoms with Crippen LogP contribution in [0.3, 0.4) is 0 Å².